The van der Waals surface area contributed by atoms with Gasteiger partial charge in [-0.2, -0.15) is 0 Å². The molecule has 19 heavy (non-hydrogen) atoms. The van der Waals surface area contributed by atoms with Crippen molar-refractivity contribution in [2.75, 3.05) is 6.54 Å². The number of thiophene rings is 1. The second kappa shape index (κ2) is 6.49. The van der Waals surface area contributed by atoms with E-state index in [4.69, 9.17) is 5.11 Å². The molecule has 1 rings (SSSR count). The lowest BCUT2D eigenvalue weighted by Gasteiger charge is -2.14. The fourth-order valence-corrected chi connectivity index (χ4v) is 4.54. The van der Waals surface area contributed by atoms with Crippen molar-refractivity contribution >= 4 is 27.3 Å². The molecule has 5 nitrogen and oxygen atoms in total. The van der Waals surface area contributed by atoms with Crippen LogP contribution in [0, 0.1) is 12.8 Å². The number of aromatic carboxylic acids is 1. The minimum atomic E-state index is -3.76. The summed E-state index contributed by atoms with van der Waals surface area (Å²) < 4.78 is 26.9. The van der Waals surface area contributed by atoms with Crippen molar-refractivity contribution in [3.63, 3.8) is 0 Å². The lowest BCUT2D eigenvalue weighted by Crippen LogP contribution is -2.30. The van der Waals surface area contributed by atoms with E-state index in [-0.39, 0.29) is 15.7 Å². The number of hydrogen-bond acceptors (Lipinski definition) is 4. The van der Waals surface area contributed by atoms with Crippen molar-refractivity contribution in [1.82, 2.24) is 4.72 Å². The normalized spacial score (nSPS) is 12.0. The van der Waals surface area contributed by atoms with E-state index in [2.05, 4.69) is 4.72 Å². The van der Waals surface area contributed by atoms with Crippen LogP contribution in [0.1, 0.15) is 41.9 Å². The summed E-state index contributed by atoms with van der Waals surface area (Å²) in [4.78, 5) is 10.8. The minimum absolute atomic E-state index is 0.101. The zero-order valence-corrected chi connectivity index (χ0v) is 12.9. The average molecular weight is 305 g/mol. The van der Waals surface area contributed by atoms with Gasteiger partial charge in [0.2, 0.25) is 10.0 Å². The highest BCUT2D eigenvalue weighted by Crippen LogP contribution is 2.26. The summed E-state index contributed by atoms with van der Waals surface area (Å²) in [7, 11) is -3.76. The maximum absolute atomic E-state index is 12.2. The Hall–Kier alpha value is -0.920. The van der Waals surface area contributed by atoms with Gasteiger partial charge in [-0.15, -0.1) is 11.3 Å². The summed E-state index contributed by atoms with van der Waals surface area (Å²) in [6.07, 6.45) is 1.76. The van der Waals surface area contributed by atoms with E-state index in [9.17, 15) is 13.2 Å². The van der Waals surface area contributed by atoms with Crippen molar-refractivity contribution < 1.29 is 18.3 Å². The maximum Gasteiger partial charge on any atom is 0.347 e. The monoisotopic (exact) mass is 305 g/mol. The van der Waals surface area contributed by atoms with Crippen LogP contribution in [0.2, 0.25) is 0 Å². The SMILES string of the molecule is CCC(CC)CNS(=O)(=O)c1c(C)csc1C(=O)O. The Bertz CT molecular complexity index is 544. The molecule has 0 atom stereocenters. The van der Waals surface area contributed by atoms with Crippen LogP contribution in [0.4, 0.5) is 0 Å². The molecular formula is C12H19NO4S2. The van der Waals surface area contributed by atoms with E-state index in [1.54, 1.807) is 12.3 Å². The van der Waals surface area contributed by atoms with Crippen LogP contribution in [0.5, 0.6) is 0 Å². The first-order chi connectivity index (χ1) is 8.83. The van der Waals surface area contributed by atoms with Crippen LogP contribution in [-0.2, 0) is 10.0 Å². The number of carbonyl (C=O) groups is 1. The quantitative estimate of drug-likeness (QED) is 0.810. The molecule has 7 heteroatoms. The predicted octanol–water partition coefficient (Wildman–Crippen LogP) is 2.47. The molecule has 0 saturated carbocycles. The second-order valence-corrected chi connectivity index (χ2v) is 7.00. The van der Waals surface area contributed by atoms with Crippen LogP contribution in [0.3, 0.4) is 0 Å². The summed E-state index contributed by atoms with van der Waals surface area (Å²) in [5.74, 6) is -0.942. The molecule has 0 aliphatic rings. The summed E-state index contributed by atoms with van der Waals surface area (Å²) in [6.45, 7) is 5.94. The topological polar surface area (TPSA) is 83.5 Å². The molecule has 0 unspecified atom stereocenters. The molecule has 1 aromatic heterocycles. The number of sulfonamides is 1. The van der Waals surface area contributed by atoms with Gasteiger partial charge in [-0.25, -0.2) is 17.9 Å². The van der Waals surface area contributed by atoms with Gasteiger partial charge < -0.3 is 5.11 Å². The fraction of sp³-hybridized carbons (Fsp3) is 0.583. The number of rotatable bonds is 7. The van der Waals surface area contributed by atoms with Gasteiger partial charge in [0, 0.05) is 6.54 Å². The van der Waals surface area contributed by atoms with E-state index in [1.165, 1.54) is 0 Å². The maximum atomic E-state index is 12.2. The zero-order chi connectivity index (χ0) is 14.6. The van der Waals surface area contributed by atoms with E-state index in [0.717, 1.165) is 24.2 Å². The van der Waals surface area contributed by atoms with Crippen molar-refractivity contribution in [2.45, 2.75) is 38.5 Å². The molecule has 2 N–H and O–H groups in total. The van der Waals surface area contributed by atoms with Gasteiger partial charge in [0.25, 0.3) is 0 Å². The predicted molar refractivity (Wildman–Crippen MR) is 75.3 cm³/mol. The average Bonchev–Trinajstić information content (AvgIpc) is 2.73. The molecule has 0 aliphatic heterocycles. The number of carboxylic acids is 1. The largest absolute Gasteiger partial charge is 0.477 e. The highest BCUT2D eigenvalue weighted by molar-refractivity contribution is 7.89. The molecule has 0 aliphatic carbocycles. The van der Waals surface area contributed by atoms with Gasteiger partial charge in [0.15, 0.2) is 0 Å². The molecule has 0 saturated heterocycles. The molecular weight excluding hydrogens is 286 g/mol. The van der Waals surface area contributed by atoms with E-state index in [0.29, 0.717) is 12.1 Å². The molecule has 0 aromatic carbocycles. The third-order valence-corrected chi connectivity index (χ3v) is 5.92. The van der Waals surface area contributed by atoms with Crippen LogP contribution in [0.25, 0.3) is 0 Å². The number of hydrogen-bond donors (Lipinski definition) is 2. The van der Waals surface area contributed by atoms with Crippen molar-refractivity contribution in [1.29, 1.82) is 0 Å². The standard InChI is InChI=1S/C12H19NO4S2/c1-4-9(5-2)6-13-19(16,17)11-8(3)7-18-10(11)12(14)15/h7,9,13H,4-6H2,1-3H3,(H,14,15). The third-order valence-electron chi connectivity index (χ3n) is 3.10. The van der Waals surface area contributed by atoms with Gasteiger partial charge in [-0.05, 0) is 23.8 Å². The summed E-state index contributed by atoms with van der Waals surface area (Å²) in [6, 6.07) is 0. The van der Waals surface area contributed by atoms with Crippen LogP contribution in [0.15, 0.2) is 10.3 Å². The third kappa shape index (κ3) is 3.77. The molecule has 0 fully saturated rings. The lowest BCUT2D eigenvalue weighted by atomic mass is 10.0. The lowest BCUT2D eigenvalue weighted by molar-refractivity contribution is 0.0698. The molecule has 108 valence electrons. The van der Waals surface area contributed by atoms with Gasteiger partial charge in [0.1, 0.15) is 9.77 Å². The van der Waals surface area contributed by atoms with E-state index >= 15 is 0 Å². The molecule has 0 amide bonds. The zero-order valence-electron chi connectivity index (χ0n) is 11.3. The highest BCUT2D eigenvalue weighted by Gasteiger charge is 2.26. The first-order valence-electron chi connectivity index (χ1n) is 6.14. The van der Waals surface area contributed by atoms with Gasteiger partial charge in [0.05, 0.1) is 0 Å². The first kappa shape index (κ1) is 16.1. The number of aryl methyl sites for hydroxylation is 1. The Labute approximate surface area is 117 Å². The van der Waals surface area contributed by atoms with Crippen LogP contribution in [-0.4, -0.2) is 26.0 Å². The minimum Gasteiger partial charge on any atom is -0.477 e. The fourth-order valence-electron chi connectivity index (χ4n) is 1.79. The summed E-state index contributed by atoms with van der Waals surface area (Å²) in [5.41, 5.74) is 0.472. The molecule has 0 spiro atoms. The van der Waals surface area contributed by atoms with Crippen molar-refractivity contribution in [3.05, 3.63) is 15.8 Å². The van der Waals surface area contributed by atoms with E-state index < -0.39 is 16.0 Å². The van der Waals surface area contributed by atoms with Gasteiger partial charge in [-0.3, -0.25) is 0 Å². The Morgan fingerprint density at radius 2 is 2.00 bits per heavy atom. The molecule has 1 aromatic rings. The van der Waals surface area contributed by atoms with Crippen molar-refractivity contribution in [3.8, 4) is 0 Å². The molecule has 1 heterocycles. The molecule has 0 bridgehead atoms. The smallest absolute Gasteiger partial charge is 0.347 e. The highest BCUT2D eigenvalue weighted by atomic mass is 32.2. The van der Waals surface area contributed by atoms with Crippen molar-refractivity contribution in [2.24, 2.45) is 5.92 Å². The van der Waals surface area contributed by atoms with Gasteiger partial charge >= 0.3 is 5.97 Å². The van der Waals surface area contributed by atoms with Crippen LogP contribution < -0.4 is 4.72 Å². The Balaban J connectivity index is 3.01. The van der Waals surface area contributed by atoms with Crippen LogP contribution >= 0.6 is 11.3 Å². The first-order valence-corrected chi connectivity index (χ1v) is 8.50. The Morgan fingerprint density at radius 3 is 2.47 bits per heavy atom. The Morgan fingerprint density at radius 1 is 1.42 bits per heavy atom. The summed E-state index contributed by atoms with van der Waals surface area (Å²) in [5, 5.41) is 10.6. The van der Waals surface area contributed by atoms with Gasteiger partial charge in [-0.1, -0.05) is 26.7 Å². The number of nitrogens with one attached hydrogen (secondary N) is 1. The number of carboxylic acid groups (broad SMARTS) is 1. The Kier molecular flexibility index (Phi) is 5.51. The van der Waals surface area contributed by atoms with E-state index in [1.807, 2.05) is 13.8 Å². The summed E-state index contributed by atoms with van der Waals surface area (Å²) >= 11 is 0.938. The second-order valence-electron chi connectivity index (χ2n) is 4.42. The molecule has 0 radical (unpaired) electrons.